The summed E-state index contributed by atoms with van der Waals surface area (Å²) in [5, 5.41) is 8.06. The van der Waals surface area contributed by atoms with Gasteiger partial charge in [-0.1, -0.05) is 66.7 Å². The van der Waals surface area contributed by atoms with Crippen LogP contribution in [0.25, 0.3) is 0 Å². The van der Waals surface area contributed by atoms with Gasteiger partial charge < -0.3 is 5.32 Å². The number of hydrogen-bond donors (Lipinski definition) is 1. The lowest BCUT2D eigenvalue weighted by Crippen LogP contribution is -2.41. The van der Waals surface area contributed by atoms with Crippen LogP contribution < -0.4 is 5.32 Å². The highest BCUT2D eigenvalue weighted by Crippen LogP contribution is 2.61. The van der Waals surface area contributed by atoms with E-state index >= 15 is 0 Å². The van der Waals surface area contributed by atoms with Crippen molar-refractivity contribution in [2.45, 2.75) is 11.8 Å². The second-order valence-electron chi connectivity index (χ2n) is 8.70. The van der Waals surface area contributed by atoms with Gasteiger partial charge in [-0.2, -0.15) is 10.1 Å². The number of para-hydroxylation sites is 1. The average molecular weight is 419 g/mol. The molecule has 0 aromatic heterocycles. The molecule has 2 heterocycles. The number of carbonyl (C=O) groups is 3. The first-order valence-electron chi connectivity index (χ1n) is 10.7. The van der Waals surface area contributed by atoms with E-state index in [0.29, 0.717) is 11.3 Å². The molecule has 0 unspecified atom stereocenters. The summed E-state index contributed by atoms with van der Waals surface area (Å²) in [6, 6.07) is 23.3. The molecule has 2 bridgehead atoms. The predicted octanol–water partition coefficient (Wildman–Crippen LogP) is 3.24. The SMILES string of the molecule is O=C1Nc2ccccc2/C1=N/N1C(=O)[C@H]2C3c4ccccc4C(c4ccccc43)[C@@H]2C1=O. The Morgan fingerprint density at radius 3 is 1.66 bits per heavy atom. The zero-order chi connectivity index (χ0) is 21.6. The Morgan fingerprint density at radius 1 is 0.656 bits per heavy atom. The number of rotatable bonds is 1. The average Bonchev–Trinajstić information content (AvgIpc) is 3.28. The smallest absolute Gasteiger partial charge is 0.276 e. The highest BCUT2D eigenvalue weighted by atomic mass is 16.2. The van der Waals surface area contributed by atoms with Crippen LogP contribution in [0.3, 0.4) is 0 Å². The molecule has 5 aliphatic rings. The third-order valence-electron chi connectivity index (χ3n) is 7.27. The van der Waals surface area contributed by atoms with Gasteiger partial charge in [0.1, 0.15) is 0 Å². The topological polar surface area (TPSA) is 78.8 Å². The molecule has 3 aliphatic carbocycles. The third kappa shape index (κ3) is 2.04. The highest BCUT2D eigenvalue weighted by molar-refractivity contribution is 6.54. The van der Waals surface area contributed by atoms with Crippen LogP contribution in [0.15, 0.2) is 77.9 Å². The molecule has 6 heteroatoms. The van der Waals surface area contributed by atoms with Gasteiger partial charge in [0.25, 0.3) is 17.7 Å². The van der Waals surface area contributed by atoms with Crippen molar-refractivity contribution in [1.29, 1.82) is 0 Å². The summed E-state index contributed by atoms with van der Waals surface area (Å²) in [5.74, 6) is -2.47. The van der Waals surface area contributed by atoms with Gasteiger partial charge in [-0.15, -0.1) is 0 Å². The number of hydrazone groups is 1. The first-order valence-corrected chi connectivity index (χ1v) is 10.7. The van der Waals surface area contributed by atoms with E-state index in [1.165, 1.54) is 0 Å². The summed E-state index contributed by atoms with van der Waals surface area (Å²) < 4.78 is 0. The van der Waals surface area contributed by atoms with Gasteiger partial charge in [-0.3, -0.25) is 14.4 Å². The summed E-state index contributed by atoms with van der Waals surface area (Å²) in [4.78, 5) is 39.8. The van der Waals surface area contributed by atoms with Gasteiger partial charge in [0.15, 0.2) is 5.71 Å². The molecule has 1 fully saturated rings. The molecule has 1 saturated heterocycles. The maximum absolute atomic E-state index is 13.6. The molecule has 3 aromatic carbocycles. The molecule has 6 nitrogen and oxygen atoms in total. The van der Waals surface area contributed by atoms with Gasteiger partial charge >= 0.3 is 0 Å². The van der Waals surface area contributed by atoms with Crippen molar-refractivity contribution in [2.24, 2.45) is 16.9 Å². The van der Waals surface area contributed by atoms with Gasteiger partial charge in [0.2, 0.25) is 0 Å². The molecule has 154 valence electrons. The number of hydrogen-bond acceptors (Lipinski definition) is 4. The summed E-state index contributed by atoms with van der Waals surface area (Å²) in [5.41, 5.74) is 5.77. The largest absolute Gasteiger partial charge is 0.320 e. The number of benzene rings is 3. The summed E-state index contributed by atoms with van der Waals surface area (Å²) in [6.07, 6.45) is 0. The maximum atomic E-state index is 13.6. The standard InChI is InChI=1S/C26H17N3O3/c30-24-23(17-11-5-6-12-18(17)27-24)28-29-25(31)21-19-13-7-1-2-8-14(13)20(22(21)26(29)32)16-10-4-3-9-15(16)19/h1-12,19-22H,(H,27,28,30)/t19?,20?,21-,22-/m0/s1. The molecule has 32 heavy (non-hydrogen) atoms. The Bertz CT molecular complexity index is 1290. The second kappa shape index (κ2) is 6.01. The number of anilines is 1. The first-order chi connectivity index (χ1) is 15.6. The van der Waals surface area contributed by atoms with Crippen molar-refractivity contribution in [3.63, 3.8) is 0 Å². The quantitative estimate of drug-likeness (QED) is 0.615. The minimum Gasteiger partial charge on any atom is -0.320 e. The van der Waals surface area contributed by atoms with Crippen molar-refractivity contribution in [1.82, 2.24) is 5.01 Å². The Morgan fingerprint density at radius 2 is 1.12 bits per heavy atom. The van der Waals surface area contributed by atoms with Crippen LogP contribution in [0.5, 0.6) is 0 Å². The van der Waals surface area contributed by atoms with Gasteiger partial charge in [0.05, 0.1) is 17.5 Å². The number of imide groups is 1. The first kappa shape index (κ1) is 17.6. The zero-order valence-electron chi connectivity index (χ0n) is 16.9. The van der Waals surface area contributed by atoms with E-state index in [9.17, 15) is 14.4 Å². The van der Waals surface area contributed by atoms with Crippen molar-refractivity contribution in [3.8, 4) is 0 Å². The van der Waals surface area contributed by atoms with Crippen LogP contribution in [0.4, 0.5) is 5.69 Å². The highest BCUT2D eigenvalue weighted by Gasteiger charge is 2.62. The summed E-state index contributed by atoms with van der Waals surface area (Å²) in [6.45, 7) is 0. The second-order valence-corrected chi connectivity index (χ2v) is 8.70. The van der Waals surface area contributed by atoms with E-state index in [4.69, 9.17) is 0 Å². The normalized spacial score (nSPS) is 27.8. The number of nitrogens with one attached hydrogen (secondary N) is 1. The molecule has 2 atom stereocenters. The molecule has 0 radical (unpaired) electrons. The Kier molecular flexibility index (Phi) is 3.30. The molecule has 1 N–H and O–H groups in total. The zero-order valence-corrected chi connectivity index (χ0v) is 16.9. The number of fused-ring (bicyclic) bond motifs is 1. The minimum atomic E-state index is -0.513. The van der Waals surface area contributed by atoms with E-state index in [-0.39, 0.29) is 29.4 Å². The van der Waals surface area contributed by atoms with Crippen molar-refractivity contribution in [2.75, 3.05) is 5.32 Å². The van der Waals surface area contributed by atoms with Gasteiger partial charge in [-0.05, 0) is 28.3 Å². The van der Waals surface area contributed by atoms with Crippen LogP contribution >= 0.6 is 0 Å². The lowest BCUT2D eigenvalue weighted by atomic mass is 9.55. The molecule has 0 saturated carbocycles. The maximum Gasteiger partial charge on any atom is 0.276 e. The molecule has 3 amide bonds. The molecule has 0 spiro atoms. The Hall–Kier alpha value is -4.06. The fourth-order valence-electron chi connectivity index (χ4n) is 6.06. The van der Waals surface area contributed by atoms with Crippen molar-refractivity contribution in [3.05, 3.63) is 101 Å². The van der Waals surface area contributed by atoms with Crippen LogP contribution in [0, 0.1) is 11.8 Å². The van der Waals surface area contributed by atoms with E-state index in [0.717, 1.165) is 27.3 Å². The number of nitrogens with zero attached hydrogens (tertiary/aromatic N) is 2. The molecular formula is C26H17N3O3. The lowest BCUT2D eigenvalue weighted by Gasteiger charge is -2.45. The summed E-state index contributed by atoms with van der Waals surface area (Å²) in [7, 11) is 0. The number of amides is 3. The number of carbonyl (C=O) groups excluding carboxylic acids is 3. The predicted molar refractivity (Wildman–Crippen MR) is 117 cm³/mol. The monoisotopic (exact) mass is 419 g/mol. The minimum absolute atomic E-state index is 0.100. The molecule has 3 aromatic rings. The van der Waals surface area contributed by atoms with Crippen LogP contribution in [0.2, 0.25) is 0 Å². The molecule has 2 aliphatic heterocycles. The summed E-state index contributed by atoms with van der Waals surface area (Å²) >= 11 is 0. The molecular weight excluding hydrogens is 402 g/mol. The van der Waals surface area contributed by atoms with E-state index in [1.54, 1.807) is 18.2 Å². The third-order valence-corrected chi connectivity index (χ3v) is 7.27. The van der Waals surface area contributed by atoms with Crippen LogP contribution in [-0.4, -0.2) is 28.4 Å². The lowest BCUT2D eigenvalue weighted by molar-refractivity contribution is -0.139. The Balaban J connectivity index is 1.39. The van der Waals surface area contributed by atoms with Crippen LogP contribution in [-0.2, 0) is 14.4 Å². The fraction of sp³-hybridized carbons (Fsp3) is 0.154. The van der Waals surface area contributed by atoms with Gasteiger partial charge in [-0.25, -0.2) is 0 Å². The van der Waals surface area contributed by atoms with Crippen molar-refractivity contribution >= 4 is 29.1 Å². The fourth-order valence-corrected chi connectivity index (χ4v) is 6.06. The van der Waals surface area contributed by atoms with E-state index < -0.39 is 17.7 Å². The van der Waals surface area contributed by atoms with Crippen LogP contribution in [0.1, 0.15) is 39.7 Å². The Labute approximate surface area is 183 Å². The van der Waals surface area contributed by atoms with E-state index in [2.05, 4.69) is 34.7 Å². The molecule has 8 rings (SSSR count). The van der Waals surface area contributed by atoms with Crippen molar-refractivity contribution < 1.29 is 14.4 Å². The van der Waals surface area contributed by atoms with E-state index in [1.807, 2.05) is 30.3 Å². The van der Waals surface area contributed by atoms with Gasteiger partial charge in [0, 0.05) is 17.4 Å².